The van der Waals surface area contributed by atoms with Crippen LogP contribution in [0, 0.1) is 0 Å². The number of aromatic amines is 1. The average Bonchev–Trinajstić information content (AvgIpc) is 2.83. The monoisotopic (exact) mass is 327 g/mol. The molecule has 0 fully saturated rings. The molecule has 6 nitrogen and oxygen atoms in total. The minimum Gasteiger partial charge on any atom is -0.493 e. The zero-order chi connectivity index (χ0) is 14.0. The minimum atomic E-state index is 0.402. The average molecular weight is 328 g/mol. The summed E-state index contributed by atoms with van der Waals surface area (Å²) in [5.41, 5.74) is 7.12. The molecule has 2 rings (SSSR count). The van der Waals surface area contributed by atoms with Crippen LogP contribution in [0.5, 0.6) is 17.2 Å². The summed E-state index contributed by atoms with van der Waals surface area (Å²) < 4.78 is 16.8. The first-order valence-electron chi connectivity index (χ1n) is 5.42. The second-order valence-corrected chi connectivity index (χ2v) is 4.56. The quantitative estimate of drug-likeness (QED) is 0.901. The molecule has 0 radical (unpaired) electrons. The van der Waals surface area contributed by atoms with Gasteiger partial charge >= 0.3 is 0 Å². The van der Waals surface area contributed by atoms with Crippen molar-refractivity contribution in [2.24, 2.45) is 0 Å². The molecule has 1 aromatic carbocycles. The number of rotatable bonds is 4. The number of methoxy groups -OCH3 is 3. The number of hydrogen-bond donors (Lipinski definition) is 2. The van der Waals surface area contributed by atoms with Gasteiger partial charge in [-0.15, -0.1) is 0 Å². The van der Waals surface area contributed by atoms with Gasteiger partial charge in [-0.25, -0.2) is 0 Å². The Morgan fingerprint density at radius 1 is 1.11 bits per heavy atom. The zero-order valence-corrected chi connectivity index (χ0v) is 12.4. The highest BCUT2D eigenvalue weighted by Crippen LogP contribution is 2.48. The summed E-state index contributed by atoms with van der Waals surface area (Å²) in [6.07, 6.45) is 0. The van der Waals surface area contributed by atoms with E-state index in [1.807, 2.05) is 0 Å². The van der Waals surface area contributed by atoms with Crippen molar-refractivity contribution in [3.05, 3.63) is 16.6 Å². The number of hydrogen-bond acceptors (Lipinski definition) is 5. The molecule has 0 unspecified atom stereocenters. The van der Waals surface area contributed by atoms with Gasteiger partial charge in [0.1, 0.15) is 5.82 Å². The van der Waals surface area contributed by atoms with Crippen LogP contribution in [0.4, 0.5) is 5.82 Å². The second kappa shape index (κ2) is 5.40. The molecule has 0 spiro atoms. The summed E-state index contributed by atoms with van der Waals surface area (Å²) in [7, 11) is 4.68. The summed E-state index contributed by atoms with van der Waals surface area (Å²) in [5, 5.41) is 6.76. The molecular weight excluding hydrogens is 314 g/mol. The third-order valence-corrected chi connectivity index (χ3v) is 3.27. The molecular formula is C12H14BrN3O3. The van der Waals surface area contributed by atoms with Crippen LogP contribution in [-0.4, -0.2) is 31.5 Å². The van der Waals surface area contributed by atoms with Crippen molar-refractivity contribution >= 4 is 21.7 Å². The molecule has 0 bridgehead atoms. The summed E-state index contributed by atoms with van der Waals surface area (Å²) >= 11 is 3.48. The molecule has 1 heterocycles. The van der Waals surface area contributed by atoms with Crippen LogP contribution < -0.4 is 19.9 Å². The Labute approximate surface area is 119 Å². The Hall–Kier alpha value is -1.89. The summed E-state index contributed by atoms with van der Waals surface area (Å²) in [4.78, 5) is 0. The smallest absolute Gasteiger partial charge is 0.204 e. The van der Waals surface area contributed by atoms with Crippen LogP contribution in [0.3, 0.4) is 0 Å². The van der Waals surface area contributed by atoms with E-state index in [0.29, 0.717) is 23.1 Å². The summed E-state index contributed by atoms with van der Waals surface area (Å²) in [5.74, 6) is 2.02. The van der Waals surface area contributed by atoms with Gasteiger partial charge in [0, 0.05) is 10.5 Å². The Bertz CT molecular complexity index is 598. The molecule has 1 aromatic heterocycles. The lowest BCUT2D eigenvalue weighted by molar-refractivity contribution is 0.325. The van der Waals surface area contributed by atoms with Crippen molar-refractivity contribution in [3.8, 4) is 28.5 Å². The van der Waals surface area contributed by atoms with Gasteiger partial charge in [0.25, 0.3) is 0 Å². The molecule has 0 amide bonds. The van der Waals surface area contributed by atoms with E-state index in [1.54, 1.807) is 33.5 Å². The number of nitrogen functional groups attached to an aromatic ring is 1. The maximum atomic E-state index is 5.63. The number of H-pyrrole nitrogens is 1. The van der Waals surface area contributed by atoms with Gasteiger partial charge in [0.2, 0.25) is 5.75 Å². The molecule has 0 aliphatic heterocycles. The van der Waals surface area contributed by atoms with E-state index in [1.165, 1.54) is 0 Å². The van der Waals surface area contributed by atoms with Gasteiger partial charge in [-0.2, -0.15) is 5.10 Å². The van der Waals surface area contributed by atoms with Crippen molar-refractivity contribution in [3.63, 3.8) is 0 Å². The Balaban J connectivity index is 2.72. The van der Waals surface area contributed by atoms with Crippen molar-refractivity contribution in [1.29, 1.82) is 0 Å². The van der Waals surface area contributed by atoms with Gasteiger partial charge in [-0.1, -0.05) is 0 Å². The lowest BCUT2D eigenvalue weighted by atomic mass is 10.1. The van der Waals surface area contributed by atoms with Crippen molar-refractivity contribution in [2.75, 3.05) is 27.1 Å². The first-order chi connectivity index (χ1) is 9.12. The van der Waals surface area contributed by atoms with E-state index in [9.17, 15) is 0 Å². The van der Waals surface area contributed by atoms with Gasteiger partial charge in [0.15, 0.2) is 11.5 Å². The number of ether oxygens (including phenoxy) is 3. The lowest BCUT2D eigenvalue weighted by Crippen LogP contribution is -1.98. The van der Waals surface area contributed by atoms with Crippen molar-refractivity contribution in [2.45, 2.75) is 0 Å². The van der Waals surface area contributed by atoms with Gasteiger partial charge < -0.3 is 19.9 Å². The molecule has 0 saturated heterocycles. The van der Waals surface area contributed by atoms with Gasteiger partial charge in [-0.05, 0) is 22.0 Å². The van der Waals surface area contributed by atoms with Crippen LogP contribution >= 0.6 is 15.9 Å². The summed E-state index contributed by atoms with van der Waals surface area (Å²) in [6.45, 7) is 0. The number of aromatic nitrogens is 2. The van der Waals surface area contributed by atoms with Crippen LogP contribution in [0.25, 0.3) is 11.3 Å². The third kappa shape index (κ3) is 2.33. The standard InChI is InChI=1S/C12H14BrN3O3/c1-17-8-4-6(13)10(7-5-9(14)16-15-7)12(19-3)11(8)18-2/h4-5H,1-3H3,(H3,14,15,16). The van der Waals surface area contributed by atoms with Crippen molar-refractivity contribution in [1.82, 2.24) is 10.2 Å². The Morgan fingerprint density at radius 3 is 2.26 bits per heavy atom. The Kier molecular flexibility index (Phi) is 3.84. The van der Waals surface area contributed by atoms with E-state index < -0.39 is 0 Å². The predicted molar refractivity (Wildman–Crippen MR) is 75.8 cm³/mol. The first kappa shape index (κ1) is 13.5. The normalized spacial score (nSPS) is 10.3. The van der Waals surface area contributed by atoms with E-state index >= 15 is 0 Å². The number of anilines is 1. The molecule has 2 aromatic rings. The maximum Gasteiger partial charge on any atom is 0.204 e. The van der Waals surface area contributed by atoms with Crippen molar-refractivity contribution < 1.29 is 14.2 Å². The molecule has 0 atom stereocenters. The predicted octanol–water partition coefficient (Wildman–Crippen LogP) is 2.45. The highest BCUT2D eigenvalue weighted by atomic mass is 79.9. The fourth-order valence-corrected chi connectivity index (χ4v) is 2.44. The van der Waals surface area contributed by atoms with E-state index in [4.69, 9.17) is 19.9 Å². The molecule has 0 saturated carbocycles. The number of nitrogens with one attached hydrogen (secondary N) is 1. The number of benzene rings is 1. The summed E-state index contributed by atoms with van der Waals surface area (Å²) in [6, 6.07) is 3.52. The number of nitrogens with two attached hydrogens (primary N) is 1. The van der Waals surface area contributed by atoms with E-state index in [2.05, 4.69) is 26.1 Å². The molecule has 7 heteroatoms. The highest BCUT2D eigenvalue weighted by molar-refractivity contribution is 9.10. The fourth-order valence-electron chi connectivity index (χ4n) is 1.84. The van der Waals surface area contributed by atoms with Crippen LogP contribution in [-0.2, 0) is 0 Å². The Morgan fingerprint density at radius 2 is 1.79 bits per heavy atom. The maximum absolute atomic E-state index is 5.63. The SMILES string of the molecule is COc1cc(Br)c(-c2cc(N)n[nH]2)c(OC)c1OC. The van der Waals surface area contributed by atoms with Gasteiger partial charge in [0.05, 0.1) is 32.6 Å². The minimum absolute atomic E-state index is 0.402. The van der Waals surface area contributed by atoms with Crippen LogP contribution in [0.1, 0.15) is 0 Å². The number of nitrogens with zero attached hydrogens (tertiary/aromatic N) is 1. The second-order valence-electron chi connectivity index (χ2n) is 3.71. The molecule has 3 N–H and O–H groups in total. The highest BCUT2D eigenvalue weighted by Gasteiger charge is 2.21. The van der Waals surface area contributed by atoms with E-state index in [0.717, 1.165) is 15.7 Å². The first-order valence-corrected chi connectivity index (χ1v) is 6.21. The van der Waals surface area contributed by atoms with E-state index in [-0.39, 0.29) is 0 Å². The molecule has 0 aliphatic rings. The topological polar surface area (TPSA) is 82.4 Å². The fraction of sp³-hybridized carbons (Fsp3) is 0.250. The molecule has 0 aliphatic carbocycles. The third-order valence-electron chi connectivity index (χ3n) is 2.65. The molecule has 19 heavy (non-hydrogen) atoms. The molecule has 102 valence electrons. The lowest BCUT2D eigenvalue weighted by Gasteiger charge is -2.16. The zero-order valence-electron chi connectivity index (χ0n) is 10.8. The van der Waals surface area contributed by atoms with Gasteiger partial charge in [-0.3, -0.25) is 5.10 Å². The van der Waals surface area contributed by atoms with Crippen LogP contribution in [0.2, 0.25) is 0 Å². The largest absolute Gasteiger partial charge is 0.493 e. The number of halogens is 1. The van der Waals surface area contributed by atoms with Crippen LogP contribution in [0.15, 0.2) is 16.6 Å².